The number of nitrogens with one attached hydrogen (secondary N) is 2. The van der Waals surface area contributed by atoms with Crippen molar-refractivity contribution in [1.82, 2.24) is 15.0 Å². The Morgan fingerprint density at radius 2 is 1.76 bits per heavy atom. The number of carbonyl (C=O) groups excluding carboxylic acids is 3. The fourth-order valence-electron chi connectivity index (χ4n) is 3.85. The van der Waals surface area contributed by atoms with Gasteiger partial charge in [0.25, 0.3) is 15.9 Å². The van der Waals surface area contributed by atoms with E-state index in [0.29, 0.717) is 19.4 Å². The van der Waals surface area contributed by atoms with Gasteiger partial charge in [0.15, 0.2) is 0 Å². The lowest BCUT2D eigenvalue weighted by atomic mass is 9.88. The molecule has 0 spiro atoms. The van der Waals surface area contributed by atoms with E-state index in [4.69, 9.17) is 9.47 Å². The smallest absolute Gasteiger partial charge is 0.431 e. The van der Waals surface area contributed by atoms with Crippen LogP contribution in [0.4, 0.5) is 4.79 Å². The van der Waals surface area contributed by atoms with Crippen molar-refractivity contribution in [3.8, 4) is 5.88 Å². The van der Waals surface area contributed by atoms with Crippen molar-refractivity contribution in [2.75, 3.05) is 6.54 Å². The molecule has 1 aromatic heterocycles. The second-order valence-corrected chi connectivity index (χ2v) is 10.7. The minimum atomic E-state index is -4.12. The van der Waals surface area contributed by atoms with Gasteiger partial charge in [-0.15, -0.1) is 0 Å². The van der Waals surface area contributed by atoms with Crippen LogP contribution in [-0.2, 0) is 26.0 Å². The maximum atomic E-state index is 12.7. The Balaban J connectivity index is 1.50. The van der Waals surface area contributed by atoms with Crippen LogP contribution in [0, 0.1) is 5.92 Å². The highest BCUT2D eigenvalue weighted by Crippen LogP contribution is 2.23. The molecular weight excluding hydrogens is 498 g/mol. The second kappa shape index (κ2) is 13.2. The molecule has 1 saturated carbocycles. The van der Waals surface area contributed by atoms with Crippen molar-refractivity contribution in [2.45, 2.75) is 69.8 Å². The predicted octanol–water partition coefficient (Wildman–Crippen LogP) is 3.75. The molecule has 0 unspecified atom stereocenters. The molecule has 11 heteroatoms. The molecule has 2 amide bonds. The quantitative estimate of drug-likeness (QED) is 0.442. The number of nitrogens with zero attached hydrogens (tertiary/aromatic N) is 1. The maximum Gasteiger partial charge on any atom is 0.515 e. The summed E-state index contributed by atoms with van der Waals surface area (Å²) in [5.74, 6) is -0.786. The first-order chi connectivity index (χ1) is 17.7. The zero-order chi connectivity index (χ0) is 26.8. The lowest BCUT2D eigenvalue weighted by Gasteiger charge is -2.20. The topological polar surface area (TPSA) is 141 Å². The molecule has 0 aliphatic heterocycles. The monoisotopic (exact) mass is 531 g/mol. The first-order valence-corrected chi connectivity index (χ1v) is 13.9. The molecule has 10 nitrogen and oxygen atoms in total. The zero-order valence-corrected chi connectivity index (χ0v) is 21.9. The summed E-state index contributed by atoms with van der Waals surface area (Å²) < 4.78 is 37.2. The van der Waals surface area contributed by atoms with E-state index in [2.05, 4.69) is 10.3 Å². The van der Waals surface area contributed by atoms with E-state index in [1.54, 1.807) is 19.1 Å². The van der Waals surface area contributed by atoms with E-state index in [9.17, 15) is 22.8 Å². The van der Waals surface area contributed by atoms with E-state index in [0.717, 1.165) is 37.4 Å². The minimum absolute atomic E-state index is 0.0310. The van der Waals surface area contributed by atoms with Crippen molar-refractivity contribution in [2.24, 2.45) is 5.92 Å². The van der Waals surface area contributed by atoms with Gasteiger partial charge in [-0.3, -0.25) is 9.59 Å². The molecule has 0 bridgehead atoms. The number of hydrogen-bond donors (Lipinski definition) is 2. The molecule has 1 atom stereocenters. The molecule has 3 rings (SSSR count). The standard InChI is InChI=1S/C26H33N3O7S/c1-3-18(2)35-26(32)36-23-14-11-21(17-28-23)25(31)29-37(33,34)22-12-9-19(10-13-22)15-16-27-24(30)20-7-5-4-6-8-20/h9-14,17-18,20H,3-8,15-16H2,1-2H3,(H,27,30)(H,29,31)/t18-/m1/s1. The molecule has 1 aliphatic rings. The van der Waals surface area contributed by atoms with E-state index < -0.39 is 22.1 Å². The van der Waals surface area contributed by atoms with Crippen LogP contribution >= 0.6 is 0 Å². The van der Waals surface area contributed by atoms with Gasteiger partial charge in [0.05, 0.1) is 10.5 Å². The molecule has 2 N–H and O–H groups in total. The van der Waals surface area contributed by atoms with Gasteiger partial charge < -0.3 is 14.8 Å². The van der Waals surface area contributed by atoms with Crippen LogP contribution in [0.2, 0.25) is 0 Å². The number of sulfonamides is 1. The molecular formula is C26H33N3O7S. The molecule has 37 heavy (non-hydrogen) atoms. The van der Waals surface area contributed by atoms with Crippen LogP contribution in [0.3, 0.4) is 0 Å². The molecule has 200 valence electrons. The van der Waals surface area contributed by atoms with Gasteiger partial charge in [-0.05, 0) is 56.4 Å². The number of carbonyl (C=O) groups is 3. The van der Waals surface area contributed by atoms with Gasteiger partial charge in [0.2, 0.25) is 11.8 Å². The van der Waals surface area contributed by atoms with Crippen molar-refractivity contribution in [3.05, 3.63) is 53.7 Å². The molecule has 1 heterocycles. The number of benzene rings is 1. The third kappa shape index (κ3) is 8.56. The first-order valence-electron chi connectivity index (χ1n) is 12.5. The maximum absolute atomic E-state index is 12.7. The van der Waals surface area contributed by atoms with Crippen LogP contribution in [0.15, 0.2) is 47.5 Å². The first kappa shape index (κ1) is 28.1. The molecule has 1 fully saturated rings. The largest absolute Gasteiger partial charge is 0.515 e. The zero-order valence-electron chi connectivity index (χ0n) is 21.1. The summed E-state index contributed by atoms with van der Waals surface area (Å²) in [4.78, 5) is 40.1. The molecule has 1 aromatic carbocycles. The summed E-state index contributed by atoms with van der Waals surface area (Å²) in [5.41, 5.74) is 0.831. The SMILES string of the molecule is CC[C@@H](C)OC(=O)Oc1ccc(C(=O)NS(=O)(=O)c2ccc(CCNC(=O)C3CCCCC3)cc2)cn1. The fraction of sp³-hybridized carbons (Fsp3) is 0.462. The Bertz CT molecular complexity index is 1180. The Morgan fingerprint density at radius 1 is 1.05 bits per heavy atom. The highest BCUT2D eigenvalue weighted by Gasteiger charge is 2.21. The number of hydrogen-bond acceptors (Lipinski definition) is 8. The molecule has 0 radical (unpaired) electrons. The Kier molecular flexibility index (Phi) is 10.0. The second-order valence-electron chi connectivity index (χ2n) is 9.03. The number of ether oxygens (including phenoxy) is 2. The van der Waals surface area contributed by atoms with Crippen molar-refractivity contribution < 1.29 is 32.3 Å². The summed E-state index contributed by atoms with van der Waals surface area (Å²) in [6.45, 7) is 4.04. The Labute approximate surface area is 217 Å². The average Bonchev–Trinajstić information content (AvgIpc) is 2.89. The molecule has 2 aromatic rings. The highest BCUT2D eigenvalue weighted by atomic mass is 32.2. The van der Waals surface area contributed by atoms with E-state index >= 15 is 0 Å². The molecule has 0 saturated heterocycles. The predicted molar refractivity (Wildman–Crippen MR) is 135 cm³/mol. The highest BCUT2D eigenvalue weighted by molar-refractivity contribution is 7.90. The van der Waals surface area contributed by atoms with Crippen LogP contribution < -0.4 is 14.8 Å². The van der Waals surface area contributed by atoms with Gasteiger partial charge in [-0.25, -0.2) is 22.9 Å². The third-order valence-electron chi connectivity index (χ3n) is 6.21. The van der Waals surface area contributed by atoms with E-state index in [1.165, 1.54) is 30.7 Å². The van der Waals surface area contributed by atoms with Crippen molar-refractivity contribution >= 4 is 28.0 Å². The number of amides is 2. The van der Waals surface area contributed by atoms with Crippen molar-refractivity contribution in [3.63, 3.8) is 0 Å². The summed E-state index contributed by atoms with van der Waals surface area (Å²) in [7, 11) is -4.12. The summed E-state index contributed by atoms with van der Waals surface area (Å²) in [5, 5.41) is 2.96. The lowest BCUT2D eigenvalue weighted by molar-refractivity contribution is -0.125. The van der Waals surface area contributed by atoms with Gasteiger partial charge in [-0.2, -0.15) is 0 Å². The van der Waals surface area contributed by atoms with Crippen LogP contribution in [0.25, 0.3) is 0 Å². The third-order valence-corrected chi connectivity index (χ3v) is 7.56. The summed E-state index contributed by atoms with van der Waals surface area (Å²) in [6.07, 6.45) is 6.30. The summed E-state index contributed by atoms with van der Waals surface area (Å²) >= 11 is 0. The van der Waals surface area contributed by atoms with Gasteiger partial charge in [0.1, 0.15) is 6.10 Å². The Hall–Kier alpha value is -3.47. The van der Waals surface area contributed by atoms with E-state index in [-0.39, 0.29) is 34.3 Å². The summed E-state index contributed by atoms with van der Waals surface area (Å²) in [6, 6.07) is 8.67. The minimum Gasteiger partial charge on any atom is -0.431 e. The normalized spacial score (nSPS) is 14.9. The lowest BCUT2D eigenvalue weighted by Crippen LogP contribution is -2.33. The Morgan fingerprint density at radius 3 is 2.38 bits per heavy atom. The van der Waals surface area contributed by atoms with E-state index in [1.807, 2.05) is 11.6 Å². The van der Waals surface area contributed by atoms with Crippen LogP contribution in [0.1, 0.15) is 68.3 Å². The van der Waals surface area contributed by atoms with Gasteiger partial charge >= 0.3 is 6.16 Å². The number of pyridine rings is 1. The fourth-order valence-corrected chi connectivity index (χ4v) is 4.82. The number of rotatable bonds is 10. The van der Waals surface area contributed by atoms with Gasteiger partial charge in [0, 0.05) is 24.7 Å². The molecule has 1 aliphatic carbocycles. The average molecular weight is 532 g/mol. The van der Waals surface area contributed by atoms with Gasteiger partial charge in [-0.1, -0.05) is 38.3 Å². The van der Waals surface area contributed by atoms with Crippen molar-refractivity contribution in [1.29, 1.82) is 0 Å². The number of aromatic nitrogens is 1. The van der Waals surface area contributed by atoms with Crippen LogP contribution in [0.5, 0.6) is 5.88 Å². The van der Waals surface area contributed by atoms with Crippen LogP contribution in [-0.4, -0.2) is 44.0 Å².